The molecule has 0 saturated heterocycles. The first-order chi connectivity index (χ1) is 13.0. The van der Waals surface area contributed by atoms with Gasteiger partial charge in [-0.1, -0.05) is 38.8 Å². The van der Waals surface area contributed by atoms with Crippen molar-refractivity contribution in [2.45, 2.75) is 53.6 Å². The average Bonchev–Trinajstić information content (AvgIpc) is 3.19. The van der Waals surface area contributed by atoms with E-state index in [9.17, 15) is 4.79 Å². The Morgan fingerprint density at radius 3 is 2.78 bits per heavy atom. The Morgan fingerprint density at radius 2 is 2.04 bits per heavy atom. The number of rotatable bonds is 7. The fourth-order valence-corrected chi connectivity index (χ4v) is 3.35. The summed E-state index contributed by atoms with van der Waals surface area (Å²) in [6.07, 6.45) is 2.31. The standard InChI is InChI=1S/C20H30N6O/c1-5-15(6-2)10-21-19-16-11-26(12-18(16)23-24-19)25-20(27)22-17-9-13(3)7-8-14(17)4/h7-9,15H,5-6,10-12H2,1-4H3,(H2,21,23,24)(H2,22,25,27). The molecule has 0 saturated carbocycles. The van der Waals surface area contributed by atoms with Crippen LogP contribution in [0.4, 0.5) is 16.3 Å². The van der Waals surface area contributed by atoms with Crippen LogP contribution >= 0.6 is 0 Å². The van der Waals surface area contributed by atoms with Gasteiger partial charge in [0, 0.05) is 24.3 Å². The fourth-order valence-electron chi connectivity index (χ4n) is 3.35. The summed E-state index contributed by atoms with van der Waals surface area (Å²) in [6, 6.07) is 5.79. The topological polar surface area (TPSA) is 85.1 Å². The number of nitrogens with one attached hydrogen (secondary N) is 4. The molecule has 0 radical (unpaired) electrons. The van der Waals surface area contributed by atoms with Crippen molar-refractivity contribution in [1.29, 1.82) is 0 Å². The lowest BCUT2D eigenvalue weighted by Gasteiger charge is -2.18. The van der Waals surface area contributed by atoms with E-state index in [1.165, 1.54) is 0 Å². The predicted molar refractivity (Wildman–Crippen MR) is 108 cm³/mol. The number of hydrazine groups is 1. The smallest absolute Gasteiger partial charge is 0.333 e. The van der Waals surface area contributed by atoms with Crippen LogP contribution in [0.2, 0.25) is 0 Å². The normalized spacial score (nSPS) is 13.7. The molecule has 0 spiro atoms. The zero-order valence-corrected chi connectivity index (χ0v) is 16.6. The third-order valence-corrected chi connectivity index (χ3v) is 5.26. The van der Waals surface area contributed by atoms with Gasteiger partial charge in [0.15, 0.2) is 5.82 Å². The van der Waals surface area contributed by atoms with Gasteiger partial charge in [0.25, 0.3) is 0 Å². The molecule has 7 heteroatoms. The van der Waals surface area contributed by atoms with E-state index >= 15 is 0 Å². The zero-order valence-electron chi connectivity index (χ0n) is 16.6. The highest BCUT2D eigenvalue weighted by atomic mass is 16.2. The lowest BCUT2D eigenvalue weighted by atomic mass is 10.0. The Bertz CT molecular complexity index is 796. The summed E-state index contributed by atoms with van der Waals surface area (Å²) >= 11 is 0. The number of aryl methyl sites for hydroxylation is 2. The van der Waals surface area contributed by atoms with Crippen LogP contribution in [0, 0.1) is 19.8 Å². The summed E-state index contributed by atoms with van der Waals surface area (Å²) < 4.78 is 0. The Labute approximate surface area is 160 Å². The number of benzene rings is 1. The highest BCUT2D eigenvalue weighted by molar-refractivity contribution is 5.89. The molecule has 3 rings (SSSR count). The Balaban J connectivity index is 1.55. The maximum Gasteiger partial charge on any atom is 0.333 e. The lowest BCUT2D eigenvalue weighted by Crippen LogP contribution is -2.41. The number of hydrogen-bond donors (Lipinski definition) is 4. The minimum Gasteiger partial charge on any atom is -0.368 e. The van der Waals surface area contributed by atoms with Gasteiger partial charge in [-0.15, -0.1) is 0 Å². The van der Waals surface area contributed by atoms with E-state index in [0.717, 1.165) is 53.3 Å². The Morgan fingerprint density at radius 1 is 1.26 bits per heavy atom. The summed E-state index contributed by atoms with van der Waals surface area (Å²) in [6.45, 7) is 10.6. The van der Waals surface area contributed by atoms with E-state index in [1.807, 2.05) is 37.1 Å². The minimum absolute atomic E-state index is 0.228. The Hall–Kier alpha value is -2.54. The fraction of sp³-hybridized carbons (Fsp3) is 0.500. The first kappa shape index (κ1) is 19.2. The van der Waals surface area contributed by atoms with E-state index in [0.29, 0.717) is 19.0 Å². The first-order valence-electron chi connectivity index (χ1n) is 9.70. The van der Waals surface area contributed by atoms with E-state index in [-0.39, 0.29) is 6.03 Å². The van der Waals surface area contributed by atoms with Crippen molar-refractivity contribution < 1.29 is 4.79 Å². The van der Waals surface area contributed by atoms with Gasteiger partial charge >= 0.3 is 6.03 Å². The van der Waals surface area contributed by atoms with Gasteiger partial charge in [0.1, 0.15) is 0 Å². The third-order valence-electron chi connectivity index (χ3n) is 5.26. The van der Waals surface area contributed by atoms with Crippen molar-refractivity contribution >= 4 is 17.5 Å². The van der Waals surface area contributed by atoms with Gasteiger partial charge in [-0.25, -0.2) is 9.80 Å². The van der Waals surface area contributed by atoms with Gasteiger partial charge in [0.05, 0.1) is 12.2 Å². The summed E-state index contributed by atoms with van der Waals surface area (Å²) in [5, 5.41) is 15.8. The van der Waals surface area contributed by atoms with Crippen LogP contribution in [0.25, 0.3) is 0 Å². The minimum atomic E-state index is -0.228. The highest BCUT2D eigenvalue weighted by Gasteiger charge is 2.26. The van der Waals surface area contributed by atoms with Crippen LogP contribution in [-0.2, 0) is 13.1 Å². The van der Waals surface area contributed by atoms with E-state index in [2.05, 4.69) is 40.1 Å². The average molecular weight is 371 g/mol. The molecule has 146 valence electrons. The maximum absolute atomic E-state index is 12.4. The summed E-state index contributed by atoms with van der Waals surface area (Å²) in [7, 11) is 0. The number of aromatic nitrogens is 2. The molecule has 0 aliphatic carbocycles. The molecule has 0 fully saturated rings. The second-order valence-corrected chi connectivity index (χ2v) is 7.33. The van der Waals surface area contributed by atoms with Crippen LogP contribution in [-0.4, -0.2) is 27.8 Å². The SMILES string of the molecule is CCC(CC)CNc1n[nH]c2c1CN(NC(=O)Nc1cc(C)ccc1C)C2. The second-order valence-electron chi connectivity index (χ2n) is 7.33. The number of carbonyl (C=O) groups excluding carboxylic acids is 1. The molecular formula is C20H30N6O. The molecular weight excluding hydrogens is 340 g/mol. The molecule has 1 aliphatic heterocycles. The molecule has 2 aromatic rings. The lowest BCUT2D eigenvalue weighted by molar-refractivity contribution is 0.185. The molecule has 1 aromatic carbocycles. The van der Waals surface area contributed by atoms with Gasteiger partial charge < -0.3 is 10.6 Å². The quantitative estimate of drug-likeness (QED) is 0.595. The third kappa shape index (κ3) is 4.60. The van der Waals surface area contributed by atoms with Crippen molar-refractivity contribution in [1.82, 2.24) is 20.6 Å². The second kappa shape index (κ2) is 8.43. The predicted octanol–water partition coefficient (Wildman–Crippen LogP) is 3.93. The van der Waals surface area contributed by atoms with Gasteiger partial charge in [-0.05, 0) is 37.0 Å². The van der Waals surface area contributed by atoms with E-state index in [4.69, 9.17) is 0 Å². The largest absolute Gasteiger partial charge is 0.368 e. The number of anilines is 2. The molecule has 0 unspecified atom stereocenters. The molecule has 2 amide bonds. The summed E-state index contributed by atoms with van der Waals surface area (Å²) in [4.78, 5) is 12.4. The molecule has 2 heterocycles. The molecule has 1 aliphatic rings. The molecule has 1 aromatic heterocycles. The van der Waals surface area contributed by atoms with E-state index < -0.39 is 0 Å². The summed E-state index contributed by atoms with van der Waals surface area (Å²) in [5.74, 6) is 1.55. The molecule has 7 nitrogen and oxygen atoms in total. The van der Waals surface area contributed by atoms with Gasteiger partial charge in [0.2, 0.25) is 0 Å². The van der Waals surface area contributed by atoms with Crippen molar-refractivity contribution in [2.75, 3.05) is 17.2 Å². The number of nitrogens with zero attached hydrogens (tertiary/aromatic N) is 2. The first-order valence-corrected chi connectivity index (χ1v) is 9.70. The van der Waals surface area contributed by atoms with Crippen molar-refractivity contribution in [2.24, 2.45) is 5.92 Å². The number of amides is 2. The number of fused-ring (bicyclic) bond motifs is 1. The molecule has 0 bridgehead atoms. The highest BCUT2D eigenvalue weighted by Crippen LogP contribution is 2.26. The van der Waals surface area contributed by atoms with Crippen LogP contribution in [0.1, 0.15) is 49.1 Å². The number of H-pyrrole nitrogens is 1. The monoisotopic (exact) mass is 370 g/mol. The van der Waals surface area contributed by atoms with E-state index in [1.54, 1.807) is 0 Å². The van der Waals surface area contributed by atoms with Crippen molar-refractivity contribution in [3.63, 3.8) is 0 Å². The molecule has 27 heavy (non-hydrogen) atoms. The van der Waals surface area contributed by atoms with Crippen LogP contribution in [0.15, 0.2) is 18.2 Å². The number of urea groups is 1. The van der Waals surface area contributed by atoms with Crippen molar-refractivity contribution in [3.8, 4) is 0 Å². The van der Waals surface area contributed by atoms with Crippen LogP contribution in [0.5, 0.6) is 0 Å². The van der Waals surface area contributed by atoms with Gasteiger partial charge in [-0.3, -0.25) is 10.5 Å². The summed E-state index contributed by atoms with van der Waals surface area (Å²) in [5.41, 5.74) is 8.10. The number of hydrogen-bond acceptors (Lipinski definition) is 4. The van der Waals surface area contributed by atoms with Crippen molar-refractivity contribution in [3.05, 3.63) is 40.6 Å². The number of carbonyl (C=O) groups is 1. The van der Waals surface area contributed by atoms with Crippen LogP contribution < -0.4 is 16.1 Å². The maximum atomic E-state index is 12.4. The molecule has 4 N–H and O–H groups in total. The number of aromatic amines is 1. The van der Waals surface area contributed by atoms with Gasteiger partial charge in [-0.2, -0.15) is 5.10 Å². The Kier molecular flexibility index (Phi) is 6.01. The zero-order chi connectivity index (χ0) is 19.4. The van der Waals surface area contributed by atoms with Crippen LogP contribution in [0.3, 0.4) is 0 Å². The molecule has 0 atom stereocenters.